The van der Waals surface area contributed by atoms with E-state index in [1.54, 1.807) is 11.0 Å². The van der Waals surface area contributed by atoms with E-state index in [-0.39, 0.29) is 12.5 Å². The zero-order valence-electron chi connectivity index (χ0n) is 14.8. The van der Waals surface area contributed by atoms with Crippen LogP contribution in [-0.4, -0.2) is 48.9 Å². The van der Waals surface area contributed by atoms with E-state index >= 15 is 0 Å². The second-order valence-electron chi connectivity index (χ2n) is 6.81. The van der Waals surface area contributed by atoms with Gasteiger partial charge in [-0.25, -0.2) is 9.67 Å². The van der Waals surface area contributed by atoms with E-state index in [9.17, 15) is 4.79 Å². The molecule has 1 aliphatic rings. The Hall–Kier alpha value is -2.96. The topological polar surface area (TPSA) is 79.7 Å². The SMILES string of the molecule is Cc1cccc(-c2cn[nH]c2C2CCN(C(=O)Cn3cncn3)CC2)c1. The van der Waals surface area contributed by atoms with Gasteiger partial charge in [-0.05, 0) is 25.3 Å². The smallest absolute Gasteiger partial charge is 0.244 e. The highest BCUT2D eigenvalue weighted by Crippen LogP contribution is 2.34. The number of piperidine rings is 1. The second-order valence-corrected chi connectivity index (χ2v) is 6.81. The largest absolute Gasteiger partial charge is 0.341 e. The van der Waals surface area contributed by atoms with Gasteiger partial charge in [-0.1, -0.05) is 29.8 Å². The van der Waals surface area contributed by atoms with Crippen molar-refractivity contribution >= 4 is 5.91 Å². The van der Waals surface area contributed by atoms with Crippen LogP contribution in [0.3, 0.4) is 0 Å². The molecule has 0 aliphatic carbocycles. The molecule has 0 saturated carbocycles. The number of aryl methyl sites for hydroxylation is 1. The zero-order chi connectivity index (χ0) is 17.9. The van der Waals surface area contributed by atoms with E-state index in [4.69, 9.17) is 0 Å². The number of hydrogen-bond acceptors (Lipinski definition) is 4. The van der Waals surface area contributed by atoms with Crippen LogP contribution in [0.15, 0.2) is 43.1 Å². The number of amides is 1. The molecule has 26 heavy (non-hydrogen) atoms. The van der Waals surface area contributed by atoms with Crippen LogP contribution < -0.4 is 0 Å². The molecule has 0 radical (unpaired) electrons. The van der Waals surface area contributed by atoms with Gasteiger partial charge in [0.15, 0.2) is 0 Å². The second kappa shape index (κ2) is 7.11. The average Bonchev–Trinajstić information content (AvgIpc) is 3.33. The number of carbonyl (C=O) groups is 1. The number of likely N-dealkylation sites (tertiary alicyclic amines) is 1. The Bertz CT molecular complexity index is 877. The number of aromatic amines is 1. The summed E-state index contributed by atoms with van der Waals surface area (Å²) < 4.78 is 1.57. The normalized spacial score (nSPS) is 15.3. The third-order valence-electron chi connectivity index (χ3n) is 5.02. The highest BCUT2D eigenvalue weighted by molar-refractivity contribution is 5.76. The van der Waals surface area contributed by atoms with E-state index in [2.05, 4.69) is 51.5 Å². The van der Waals surface area contributed by atoms with Crippen LogP contribution >= 0.6 is 0 Å². The minimum absolute atomic E-state index is 0.0949. The zero-order valence-corrected chi connectivity index (χ0v) is 14.8. The van der Waals surface area contributed by atoms with E-state index < -0.39 is 0 Å². The maximum absolute atomic E-state index is 12.4. The number of rotatable bonds is 4. The number of nitrogens with zero attached hydrogens (tertiary/aromatic N) is 5. The standard InChI is InChI=1S/C19H22N6O/c1-14-3-2-4-16(9-14)17-10-21-23-19(17)15-5-7-24(8-6-15)18(26)11-25-13-20-12-22-25/h2-4,9-10,12-13,15H,5-8,11H2,1H3,(H,21,23). The van der Waals surface area contributed by atoms with Crippen molar-refractivity contribution in [1.82, 2.24) is 29.9 Å². The van der Waals surface area contributed by atoms with Crippen molar-refractivity contribution in [3.05, 3.63) is 54.4 Å². The summed E-state index contributed by atoms with van der Waals surface area (Å²) in [5.74, 6) is 0.487. The summed E-state index contributed by atoms with van der Waals surface area (Å²) in [6.07, 6.45) is 6.80. The van der Waals surface area contributed by atoms with Gasteiger partial charge in [0.2, 0.25) is 5.91 Å². The summed E-state index contributed by atoms with van der Waals surface area (Å²) in [5, 5.41) is 11.5. The van der Waals surface area contributed by atoms with Gasteiger partial charge in [0.25, 0.3) is 0 Å². The molecule has 0 spiro atoms. The van der Waals surface area contributed by atoms with E-state index in [0.29, 0.717) is 5.92 Å². The monoisotopic (exact) mass is 350 g/mol. The summed E-state index contributed by atoms with van der Waals surface area (Å²) in [5.41, 5.74) is 4.78. The van der Waals surface area contributed by atoms with Crippen LogP contribution in [0.2, 0.25) is 0 Å². The lowest BCUT2D eigenvalue weighted by molar-refractivity contribution is -0.133. The first kappa shape index (κ1) is 16.5. The minimum Gasteiger partial charge on any atom is -0.341 e. The number of carbonyl (C=O) groups excluding carboxylic acids is 1. The number of nitrogens with one attached hydrogen (secondary N) is 1. The molecule has 0 bridgehead atoms. The van der Waals surface area contributed by atoms with Crippen molar-refractivity contribution in [2.45, 2.75) is 32.2 Å². The molecule has 7 heteroatoms. The van der Waals surface area contributed by atoms with Gasteiger partial charge in [0.05, 0.1) is 6.20 Å². The molecule has 2 aromatic heterocycles. The van der Waals surface area contributed by atoms with Crippen molar-refractivity contribution in [3.63, 3.8) is 0 Å². The molecule has 1 saturated heterocycles. The van der Waals surface area contributed by atoms with Crippen molar-refractivity contribution in [1.29, 1.82) is 0 Å². The summed E-state index contributed by atoms with van der Waals surface area (Å²) in [6.45, 7) is 3.86. The third-order valence-corrected chi connectivity index (χ3v) is 5.02. The highest BCUT2D eigenvalue weighted by Gasteiger charge is 2.26. The molecule has 1 N–H and O–H groups in total. The van der Waals surface area contributed by atoms with Crippen LogP contribution in [0.25, 0.3) is 11.1 Å². The van der Waals surface area contributed by atoms with Gasteiger partial charge in [0, 0.05) is 30.3 Å². The highest BCUT2D eigenvalue weighted by atomic mass is 16.2. The number of H-pyrrole nitrogens is 1. The van der Waals surface area contributed by atoms with Gasteiger partial charge in [-0.15, -0.1) is 0 Å². The van der Waals surface area contributed by atoms with Gasteiger partial charge >= 0.3 is 0 Å². The van der Waals surface area contributed by atoms with Crippen LogP contribution in [0, 0.1) is 6.92 Å². The molecule has 7 nitrogen and oxygen atoms in total. The van der Waals surface area contributed by atoms with Crippen LogP contribution in [0.1, 0.15) is 30.0 Å². The number of hydrogen-bond donors (Lipinski definition) is 1. The molecule has 4 rings (SSSR count). The van der Waals surface area contributed by atoms with Gasteiger partial charge in [-0.2, -0.15) is 10.2 Å². The number of benzene rings is 1. The first-order chi connectivity index (χ1) is 12.7. The molecule has 134 valence electrons. The molecule has 1 aliphatic heterocycles. The average molecular weight is 350 g/mol. The molecule has 0 atom stereocenters. The Kier molecular flexibility index (Phi) is 4.51. The summed E-state index contributed by atoms with van der Waals surface area (Å²) >= 11 is 0. The molecular weight excluding hydrogens is 328 g/mol. The van der Waals surface area contributed by atoms with E-state index in [1.165, 1.54) is 28.7 Å². The lowest BCUT2D eigenvalue weighted by Gasteiger charge is -2.32. The van der Waals surface area contributed by atoms with Crippen LogP contribution in [-0.2, 0) is 11.3 Å². The van der Waals surface area contributed by atoms with Gasteiger partial charge < -0.3 is 4.90 Å². The van der Waals surface area contributed by atoms with E-state index in [1.807, 2.05) is 11.1 Å². The number of aromatic nitrogens is 5. The van der Waals surface area contributed by atoms with E-state index in [0.717, 1.165) is 25.9 Å². The van der Waals surface area contributed by atoms with Crippen LogP contribution in [0.4, 0.5) is 0 Å². The van der Waals surface area contributed by atoms with Crippen LogP contribution in [0.5, 0.6) is 0 Å². The Morgan fingerprint density at radius 1 is 1.31 bits per heavy atom. The molecule has 0 unspecified atom stereocenters. The molecule has 3 aromatic rings. The summed E-state index contributed by atoms with van der Waals surface area (Å²) in [7, 11) is 0. The quantitative estimate of drug-likeness (QED) is 0.783. The van der Waals surface area contributed by atoms with Crippen molar-refractivity contribution < 1.29 is 4.79 Å². The lowest BCUT2D eigenvalue weighted by atomic mass is 9.89. The fraction of sp³-hybridized carbons (Fsp3) is 0.368. The third kappa shape index (κ3) is 3.37. The van der Waals surface area contributed by atoms with Crippen molar-refractivity contribution in [2.24, 2.45) is 0 Å². The Morgan fingerprint density at radius 2 is 2.15 bits per heavy atom. The van der Waals surface area contributed by atoms with Crippen molar-refractivity contribution in [3.8, 4) is 11.1 Å². The maximum Gasteiger partial charge on any atom is 0.244 e. The first-order valence-electron chi connectivity index (χ1n) is 8.91. The summed E-state index contributed by atoms with van der Waals surface area (Å²) in [4.78, 5) is 18.2. The molecule has 1 fully saturated rings. The predicted molar refractivity (Wildman–Crippen MR) is 97.3 cm³/mol. The Balaban J connectivity index is 1.43. The molecule has 1 aromatic carbocycles. The molecule has 1 amide bonds. The molecule has 3 heterocycles. The minimum atomic E-state index is 0.0949. The fourth-order valence-electron chi connectivity index (χ4n) is 3.62. The van der Waals surface area contributed by atoms with Crippen molar-refractivity contribution in [2.75, 3.05) is 13.1 Å². The van der Waals surface area contributed by atoms with Gasteiger partial charge in [0.1, 0.15) is 19.2 Å². The first-order valence-corrected chi connectivity index (χ1v) is 8.91. The lowest BCUT2D eigenvalue weighted by Crippen LogP contribution is -2.40. The molecular formula is C19H22N6O. The fourth-order valence-corrected chi connectivity index (χ4v) is 3.62. The maximum atomic E-state index is 12.4. The summed E-state index contributed by atoms with van der Waals surface area (Å²) in [6, 6.07) is 8.48. The van der Waals surface area contributed by atoms with Gasteiger partial charge in [-0.3, -0.25) is 9.89 Å². The Labute approximate surface area is 152 Å². The Morgan fingerprint density at radius 3 is 2.88 bits per heavy atom. The predicted octanol–water partition coefficient (Wildman–Crippen LogP) is 2.38.